The van der Waals surface area contributed by atoms with Crippen molar-refractivity contribution in [1.82, 2.24) is 0 Å². The van der Waals surface area contributed by atoms with Gasteiger partial charge in [-0.3, -0.25) is 4.79 Å². The second kappa shape index (κ2) is 6.31. The third-order valence-electron chi connectivity index (χ3n) is 3.04. The molecule has 92 valence electrons. The molecule has 3 heteroatoms. The summed E-state index contributed by atoms with van der Waals surface area (Å²) in [7, 11) is 0. The predicted molar refractivity (Wildman–Crippen MR) is 71.1 cm³/mol. The molecule has 17 heavy (non-hydrogen) atoms. The van der Waals surface area contributed by atoms with E-state index in [1.165, 1.54) is 6.42 Å². The summed E-state index contributed by atoms with van der Waals surface area (Å²) in [5, 5.41) is 0. The number of ether oxygens (including phenoxy) is 1. The molecule has 0 amide bonds. The molecule has 0 saturated carbocycles. The van der Waals surface area contributed by atoms with Crippen LogP contribution in [0, 0.1) is 0 Å². The van der Waals surface area contributed by atoms with Crippen molar-refractivity contribution in [2.75, 3.05) is 6.61 Å². The second-order valence-corrected chi connectivity index (χ2v) is 5.45. The summed E-state index contributed by atoms with van der Waals surface area (Å²) in [5.74, 6) is 0.277. The Morgan fingerprint density at radius 2 is 2.06 bits per heavy atom. The van der Waals surface area contributed by atoms with Crippen LogP contribution in [0.25, 0.3) is 0 Å². The number of carbonyl (C=O) groups excluding carboxylic acids is 1. The maximum absolute atomic E-state index is 11.9. The van der Waals surface area contributed by atoms with Crippen LogP contribution in [-0.2, 0) is 16.0 Å². The fourth-order valence-electron chi connectivity index (χ4n) is 2.12. The van der Waals surface area contributed by atoms with Gasteiger partial charge in [0.25, 0.3) is 0 Å². The zero-order chi connectivity index (χ0) is 12.1. The number of Topliss-reactive ketones (excluding diaryl/α,β-unsaturated/α-hetero) is 1. The Bertz CT molecular complexity index is 366. The third-order valence-corrected chi connectivity index (χ3v) is 3.57. The molecular weight excluding hydrogens is 280 g/mol. The van der Waals surface area contributed by atoms with Crippen molar-refractivity contribution >= 4 is 21.7 Å². The molecule has 0 spiro atoms. The van der Waals surface area contributed by atoms with Gasteiger partial charge in [-0.05, 0) is 37.0 Å². The first-order valence-electron chi connectivity index (χ1n) is 6.12. The molecule has 0 N–H and O–H groups in total. The predicted octanol–water partition coefficient (Wildman–Crippen LogP) is 3.52. The topological polar surface area (TPSA) is 26.3 Å². The highest BCUT2D eigenvalue weighted by atomic mass is 79.9. The molecule has 1 unspecified atom stereocenters. The second-order valence-electron chi connectivity index (χ2n) is 4.53. The van der Waals surface area contributed by atoms with Gasteiger partial charge >= 0.3 is 0 Å². The van der Waals surface area contributed by atoms with E-state index >= 15 is 0 Å². The Balaban J connectivity index is 1.82. The standard InChI is InChI=1S/C14H17BrO2/c15-12-6-4-11(5-7-12)9-13(16)10-14-3-1-2-8-17-14/h4-7,14H,1-3,8-10H2. The summed E-state index contributed by atoms with van der Waals surface area (Å²) in [6.07, 6.45) is 4.61. The van der Waals surface area contributed by atoms with E-state index in [0.29, 0.717) is 12.8 Å². The summed E-state index contributed by atoms with van der Waals surface area (Å²) in [6.45, 7) is 0.816. The Kier molecular flexibility index (Phi) is 4.75. The van der Waals surface area contributed by atoms with Gasteiger partial charge in [-0.2, -0.15) is 0 Å². The molecule has 0 aliphatic carbocycles. The number of halogens is 1. The molecule has 1 heterocycles. The lowest BCUT2D eigenvalue weighted by molar-refractivity contribution is -0.122. The number of hydrogen-bond acceptors (Lipinski definition) is 2. The number of hydrogen-bond donors (Lipinski definition) is 0. The first-order valence-corrected chi connectivity index (χ1v) is 6.91. The number of rotatable bonds is 4. The summed E-state index contributed by atoms with van der Waals surface area (Å²) in [5.41, 5.74) is 1.08. The van der Waals surface area contributed by atoms with E-state index < -0.39 is 0 Å². The van der Waals surface area contributed by atoms with Crippen LogP contribution in [0.5, 0.6) is 0 Å². The van der Waals surface area contributed by atoms with E-state index in [2.05, 4.69) is 15.9 Å². The van der Waals surface area contributed by atoms with Gasteiger partial charge in [-0.15, -0.1) is 0 Å². The Labute approximate surface area is 110 Å². The fraction of sp³-hybridized carbons (Fsp3) is 0.500. The maximum Gasteiger partial charge on any atom is 0.139 e. The van der Waals surface area contributed by atoms with Crippen LogP contribution in [0.2, 0.25) is 0 Å². The molecule has 1 fully saturated rings. The first-order chi connectivity index (χ1) is 8.24. The monoisotopic (exact) mass is 296 g/mol. The summed E-state index contributed by atoms with van der Waals surface area (Å²) >= 11 is 3.39. The minimum absolute atomic E-state index is 0.159. The minimum Gasteiger partial charge on any atom is -0.378 e. The van der Waals surface area contributed by atoms with Crippen molar-refractivity contribution in [2.24, 2.45) is 0 Å². The van der Waals surface area contributed by atoms with Crippen molar-refractivity contribution < 1.29 is 9.53 Å². The van der Waals surface area contributed by atoms with Gasteiger partial charge in [0.2, 0.25) is 0 Å². The smallest absolute Gasteiger partial charge is 0.139 e. The molecule has 1 aliphatic rings. The maximum atomic E-state index is 11.9. The van der Waals surface area contributed by atoms with Crippen LogP contribution in [0.1, 0.15) is 31.2 Å². The van der Waals surface area contributed by atoms with Gasteiger partial charge in [0, 0.05) is 23.9 Å². The van der Waals surface area contributed by atoms with Crippen molar-refractivity contribution in [3.8, 4) is 0 Å². The highest BCUT2D eigenvalue weighted by Gasteiger charge is 2.17. The summed E-state index contributed by atoms with van der Waals surface area (Å²) in [4.78, 5) is 11.9. The normalized spacial score (nSPS) is 20.2. The van der Waals surface area contributed by atoms with Crippen molar-refractivity contribution in [3.63, 3.8) is 0 Å². The Hall–Kier alpha value is -0.670. The van der Waals surface area contributed by atoms with E-state index in [9.17, 15) is 4.79 Å². The zero-order valence-electron chi connectivity index (χ0n) is 9.82. The molecule has 0 aromatic heterocycles. The van der Waals surface area contributed by atoms with Gasteiger partial charge < -0.3 is 4.74 Å². The fourth-order valence-corrected chi connectivity index (χ4v) is 2.39. The van der Waals surface area contributed by atoms with Gasteiger partial charge in [0.15, 0.2) is 0 Å². The van der Waals surface area contributed by atoms with E-state index in [1.807, 2.05) is 24.3 Å². The van der Waals surface area contributed by atoms with Gasteiger partial charge in [0.05, 0.1) is 6.10 Å². The molecule has 1 aromatic carbocycles. The molecule has 2 rings (SSSR count). The van der Waals surface area contributed by atoms with Crippen molar-refractivity contribution in [2.45, 2.75) is 38.2 Å². The molecule has 1 aliphatic heterocycles. The van der Waals surface area contributed by atoms with Crippen LogP contribution >= 0.6 is 15.9 Å². The Morgan fingerprint density at radius 1 is 1.29 bits per heavy atom. The van der Waals surface area contributed by atoms with E-state index in [4.69, 9.17) is 4.74 Å². The quantitative estimate of drug-likeness (QED) is 0.850. The van der Waals surface area contributed by atoms with E-state index in [0.717, 1.165) is 29.5 Å². The largest absolute Gasteiger partial charge is 0.378 e. The number of carbonyl (C=O) groups is 1. The average molecular weight is 297 g/mol. The molecule has 0 radical (unpaired) electrons. The molecule has 1 saturated heterocycles. The van der Waals surface area contributed by atoms with Crippen LogP contribution in [-0.4, -0.2) is 18.5 Å². The molecule has 1 atom stereocenters. The summed E-state index contributed by atoms with van der Waals surface area (Å²) < 4.78 is 6.62. The highest BCUT2D eigenvalue weighted by Crippen LogP contribution is 2.17. The van der Waals surface area contributed by atoms with Crippen LogP contribution in [0.15, 0.2) is 28.7 Å². The van der Waals surface area contributed by atoms with Crippen LogP contribution in [0.3, 0.4) is 0 Å². The lowest BCUT2D eigenvalue weighted by atomic mass is 10.0. The third kappa shape index (κ3) is 4.25. The van der Waals surface area contributed by atoms with Crippen molar-refractivity contribution in [1.29, 1.82) is 0 Å². The van der Waals surface area contributed by atoms with Gasteiger partial charge in [0.1, 0.15) is 5.78 Å². The zero-order valence-corrected chi connectivity index (χ0v) is 11.4. The van der Waals surface area contributed by atoms with Crippen molar-refractivity contribution in [3.05, 3.63) is 34.3 Å². The number of ketones is 1. The van der Waals surface area contributed by atoms with E-state index in [-0.39, 0.29) is 11.9 Å². The SMILES string of the molecule is O=C(Cc1ccc(Br)cc1)CC1CCCCO1. The molecule has 1 aromatic rings. The van der Waals surface area contributed by atoms with Gasteiger partial charge in [-0.1, -0.05) is 28.1 Å². The van der Waals surface area contributed by atoms with Gasteiger partial charge in [-0.25, -0.2) is 0 Å². The van der Waals surface area contributed by atoms with Crippen LogP contribution in [0.4, 0.5) is 0 Å². The highest BCUT2D eigenvalue weighted by molar-refractivity contribution is 9.10. The number of benzene rings is 1. The average Bonchev–Trinajstić information content (AvgIpc) is 2.33. The van der Waals surface area contributed by atoms with E-state index in [1.54, 1.807) is 0 Å². The lowest BCUT2D eigenvalue weighted by Gasteiger charge is -2.21. The molecule has 2 nitrogen and oxygen atoms in total. The lowest BCUT2D eigenvalue weighted by Crippen LogP contribution is -2.23. The minimum atomic E-state index is 0.159. The first kappa shape index (κ1) is 12.8. The molecule has 0 bridgehead atoms. The Morgan fingerprint density at radius 3 is 2.71 bits per heavy atom. The summed E-state index contributed by atoms with van der Waals surface area (Å²) in [6, 6.07) is 7.92. The van der Waals surface area contributed by atoms with Crippen LogP contribution < -0.4 is 0 Å². The molecular formula is C14H17BrO2.